The van der Waals surface area contributed by atoms with E-state index in [0.29, 0.717) is 12.5 Å². The predicted octanol–water partition coefficient (Wildman–Crippen LogP) is 4.58. The Hall–Kier alpha value is -2.49. The number of carbonyl (C=O) groups is 1. The summed E-state index contributed by atoms with van der Waals surface area (Å²) >= 11 is 11.7. The highest BCUT2D eigenvalue weighted by molar-refractivity contribution is 7.87. The molecule has 8 nitrogen and oxygen atoms in total. The first-order valence-electron chi connectivity index (χ1n) is 9.33. The number of hydrogen-bond donors (Lipinski definition) is 1. The number of alkyl halides is 5. The fourth-order valence-electron chi connectivity index (χ4n) is 2.48. The van der Waals surface area contributed by atoms with Crippen LogP contribution in [0, 0.1) is 5.82 Å². The average molecular weight is 568 g/mol. The molecule has 3 rings (SSSR count). The van der Waals surface area contributed by atoms with E-state index >= 15 is 0 Å². The normalized spacial score (nSPS) is 14.9. The van der Waals surface area contributed by atoms with E-state index in [1.807, 2.05) is 0 Å². The van der Waals surface area contributed by atoms with Gasteiger partial charge in [-0.2, -0.15) is 34.7 Å². The van der Waals surface area contributed by atoms with Gasteiger partial charge in [0.15, 0.2) is 6.61 Å². The second-order valence-electron chi connectivity index (χ2n) is 7.00. The summed E-state index contributed by atoms with van der Waals surface area (Å²) in [5.74, 6) is -9.00. The molecule has 1 N–H and O–H groups in total. The van der Waals surface area contributed by atoms with Gasteiger partial charge in [0.2, 0.25) is 5.88 Å². The zero-order valence-corrected chi connectivity index (χ0v) is 19.3. The van der Waals surface area contributed by atoms with E-state index in [2.05, 4.69) is 9.72 Å². The van der Waals surface area contributed by atoms with Crippen LogP contribution in [0.25, 0.3) is 0 Å². The number of nitrogens with one attached hydrogen (secondary N) is 1. The van der Waals surface area contributed by atoms with Crippen molar-refractivity contribution in [2.24, 2.45) is 0 Å². The molecule has 0 saturated carbocycles. The number of amides is 1. The Labute approximate surface area is 203 Å². The first-order chi connectivity index (χ1) is 16.1. The number of halogens is 8. The zero-order chi connectivity index (χ0) is 26.2. The maximum Gasteiger partial charge on any atom is 0.456 e. The quantitative estimate of drug-likeness (QED) is 0.469. The highest BCUT2D eigenvalue weighted by atomic mass is 35.5. The van der Waals surface area contributed by atoms with E-state index in [1.165, 1.54) is 0 Å². The molecule has 1 saturated heterocycles. The number of rotatable bonds is 8. The lowest BCUT2D eigenvalue weighted by atomic mass is 10.2. The summed E-state index contributed by atoms with van der Waals surface area (Å²) < 4.78 is 113. The molecule has 192 valence electrons. The monoisotopic (exact) mass is 567 g/mol. The Kier molecular flexibility index (Phi) is 7.64. The van der Waals surface area contributed by atoms with Gasteiger partial charge < -0.3 is 9.47 Å². The SMILES string of the molecule is O=C(NS(=O)(=O)N1CCC1)c1cc(Cl)c(Oc2cnc(OCC(F)(F)C(F)(F)F)c(Cl)c2)cc1F. The lowest BCUT2D eigenvalue weighted by molar-refractivity contribution is -0.290. The topological polar surface area (TPSA) is 97.8 Å². The number of nitrogens with zero attached hydrogens (tertiary/aromatic N) is 2. The highest BCUT2D eigenvalue weighted by Crippen LogP contribution is 2.37. The molecule has 0 spiro atoms. The largest absolute Gasteiger partial charge is 0.470 e. The summed E-state index contributed by atoms with van der Waals surface area (Å²) in [5, 5.41) is -0.844. The lowest BCUT2D eigenvalue weighted by Gasteiger charge is -2.29. The van der Waals surface area contributed by atoms with Crippen LogP contribution in [0.1, 0.15) is 16.8 Å². The summed E-state index contributed by atoms with van der Waals surface area (Å²) in [5.41, 5.74) is -0.697. The molecular weight excluding hydrogens is 555 g/mol. The standard InChI is InChI=1S/C18H13Cl2F6N3O5S/c19-11-5-10(15(30)28-35(31,32)29-2-1-3-29)13(21)6-14(11)34-9-4-12(20)16(27-7-9)33-8-17(22,23)18(24,25)26/h4-7H,1-3,8H2,(H,28,30). The maximum absolute atomic E-state index is 14.5. The minimum atomic E-state index is -5.84. The van der Waals surface area contributed by atoms with Crippen molar-refractivity contribution in [2.45, 2.75) is 18.5 Å². The number of pyridine rings is 1. The summed E-state index contributed by atoms with van der Waals surface area (Å²) in [7, 11) is -4.14. The molecule has 1 aromatic carbocycles. The second kappa shape index (κ2) is 9.87. The predicted molar refractivity (Wildman–Crippen MR) is 110 cm³/mol. The number of carbonyl (C=O) groups excluding carboxylic acids is 1. The third-order valence-corrected chi connectivity index (χ3v) is 6.51. The molecule has 0 bridgehead atoms. The Morgan fingerprint density at radius 3 is 2.31 bits per heavy atom. The van der Waals surface area contributed by atoms with Crippen molar-refractivity contribution >= 4 is 39.3 Å². The first-order valence-corrected chi connectivity index (χ1v) is 11.5. The van der Waals surface area contributed by atoms with Gasteiger partial charge in [-0.15, -0.1) is 0 Å². The Morgan fingerprint density at radius 2 is 1.77 bits per heavy atom. The fraction of sp³-hybridized carbons (Fsp3) is 0.333. The Morgan fingerprint density at radius 1 is 1.11 bits per heavy atom. The first kappa shape index (κ1) is 27.1. The Bertz CT molecular complexity index is 1240. The molecule has 1 amide bonds. The molecule has 2 heterocycles. The zero-order valence-electron chi connectivity index (χ0n) is 17.0. The number of ether oxygens (including phenoxy) is 2. The van der Waals surface area contributed by atoms with Crippen molar-refractivity contribution in [2.75, 3.05) is 19.7 Å². The second-order valence-corrected chi connectivity index (χ2v) is 9.49. The smallest absolute Gasteiger partial charge is 0.456 e. The van der Waals surface area contributed by atoms with Crippen molar-refractivity contribution in [3.05, 3.63) is 45.8 Å². The summed E-state index contributed by atoms with van der Waals surface area (Å²) in [6, 6.07) is 2.39. The van der Waals surface area contributed by atoms with Crippen LogP contribution in [-0.2, 0) is 10.2 Å². The van der Waals surface area contributed by atoms with Gasteiger partial charge >= 0.3 is 22.3 Å². The number of hydrogen-bond acceptors (Lipinski definition) is 6. The van der Waals surface area contributed by atoms with Crippen molar-refractivity contribution < 1.29 is 49.0 Å². The van der Waals surface area contributed by atoms with E-state index < -0.39 is 57.1 Å². The van der Waals surface area contributed by atoms with Gasteiger partial charge in [-0.1, -0.05) is 23.2 Å². The molecule has 1 aliphatic heterocycles. The van der Waals surface area contributed by atoms with Crippen LogP contribution in [0.15, 0.2) is 24.4 Å². The number of aromatic nitrogens is 1. The molecule has 1 aliphatic rings. The van der Waals surface area contributed by atoms with Crippen LogP contribution in [0.2, 0.25) is 10.0 Å². The maximum atomic E-state index is 14.5. The third-order valence-electron chi connectivity index (χ3n) is 4.46. The van der Waals surface area contributed by atoms with Crippen molar-refractivity contribution in [1.82, 2.24) is 14.0 Å². The van der Waals surface area contributed by atoms with E-state index in [9.17, 15) is 39.6 Å². The van der Waals surface area contributed by atoms with E-state index in [-0.39, 0.29) is 29.6 Å². The van der Waals surface area contributed by atoms with Gasteiger partial charge in [0.05, 0.1) is 16.8 Å². The summed E-state index contributed by atoms with van der Waals surface area (Å²) in [6.45, 7) is -1.65. The van der Waals surface area contributed by atoms with E-state index in [4.69, 9.17) is 27.9 Å². The molecule has 0 radical (unpaired) electrons. The van der Waals surface area contributed by atoms with Crippen LogP contribution in [0.4, 0.5) is 26.3 Å². The number of benzene rings is 1. The van der Waals surface area contributed by atoms with Crippen LogP contribution in [0.3, 0.4) is 0 Å². The fourth-order valence-corrected chi connectivity index (χ4v) is 4.11. The molecule has 1 fully saturated rings. The van der Waals surface area contributed by atoms with Crippen LogP contribution in [0.5, 0.6) is 17.4 Å². The Balaban J connectivity index is 1.72. The molecule has 0 unspecified atom stereocenters. The van der Waals surface area contributed by atoms with Gasteiger partial charge in [-0.3, -0.25) is 4.79 Å². The molecule has 0 aliphatic carbocycles. The van der Waals surface area contributed by atoms with Gasteiger partial charge in [0.25, 0.3) is 5.91 Å². The summed E-state index contributed by atoms with van der Waals surface area (Å²) in [6.07, 6.45) is -4.40. The van der Waals surface area contributed by atoms with Crippen LogP contribution >= 0.6 is 23.2 Å². The molecule has 0 atom stereocenters. The molecule has 1 aromatic heterocycles. The van der Waals surface area contributed by atoms with Crippen molar-refractivity contribution in [3.63, 3.8) is 0 Å². The van der Waals surface area contributed by atoms with Crippen molar-refractivity contribution in [3.8, 4) is 17.4 Å². The molecule has 2 aromatic rings. The lowest BCUT2D eigenvalue weighted by Crippen LogP contribution is -2.49. The van der Waals surface area contributed by atoms with Gasteiger partial charge in [-0.05, 0) is 12.5 Å². The molecule has 35 heavy (non-hydrogen) atoms. The van der Waals surface area contributed by atoms with Gasteiger partial charge in [-0.25, -0.2) is 14.1 Å². The average Bonchev–Trinajstić information content (AvgIpc) is 2.66. The minimum absolute atomic E-state index is 0.212. The van der Waals surface area contributed by atoms with Crippen LogP contribution < -0.4 is 14.2 Å². The molecular formula is C18H13Cl2F6N3O5S. The van der Waals surface area contributed by atoms with Gasteiger partial charge in [0, 0.05) is 25.2 Å². The summed E-state index contributed by atoms with van der Waals surface area (Å²) in [4.78, 5) is 15.7. The minimum Gasteiger partial charge on any atom is -0.470 e. The van der Waals surface area contributed by atoms with E-state index in [1.54, 1.807) is 4.72 Å². The van der Waals surface area contributed by atoms with E-state index in [0.717, 1.165) is 22.6 Å². The van der Waals surface area contributed by atoms with Gasteiger partial charge in [0.1, 0.15) is 22.3 Å². The third kappa shape index (κ3) is 6.20. The van der Waals surface area contributed by atoms with Crippen molar-refractivity contribution in [1.29, 1.82) is 0 Å². The highest BCUT2D eigenvalue weighted by Gasteiger charge is 2.58. The van der Waals surface area contributed by atoms with Crippen LogP contribution in [-0.4, -0.2) is 55.4 Å². The molecule has 17 heteroatoms.